The second-order valence-electron chi connectivity index (χ2n) is 4.39. The van der Waals surface area contributed by atoms with Crippen molar-refractivity contribution in [1.82, 2.24) is 15.3 Å². The molecular weight excluding hydrogens is 248 g/mol. The lowest BCUT2D eigenvalue weighted by Crippen LogP contribution is -2.41. The van der Waals surface area contributed by atoms with E-state index in [2.05, 4.69) is 15.3 Å². The third-order valence-electron chi connectivity index (χ3n) is 2.41. The van der Waals surface area contributed by atoms with Crippen molar-refractivity contribution < 1.29 is 4.79 Å². The van der Waals surface area contributed by atoms with Crippen LogP contribution in [0.2, 0.25) is 0 Å². The van der Waals surface area contributed by atoms with E-state index in [0.29, 0.717) is 11.4 Å². The number of hydrogen-bond acceptors (Lipinski definition) is 5. The van der Waals surface area contributed by atoms with Gasteiger partial charge in [0, 0.05) is 11.6 Å². The number of rotatable bonds is 3. The monoisotopic (exact) mass is 262 g/mol. The number of aromatic nitrogens is 2. The van der Waals surface area contributed by atoms with Crippen LogP contribution in [0.5, 0.6) is 0 Å². The fourth-order valence-corrected chi connectivity index (χ4v) is 2.19. The lowest BCUT2D eigenvalue weighted by molar-refractivity contribution is 0.0907. The number of thiazole rings is 1. The summed E-state index contributed by atoms with van der Waals surface area (Å²) in [6.45, 7) is 3.81. The van der Waals surface area contributed by atoms with Crippen molar-refractivity contribution in [3.63, 3.8) is 0 Å². The molecule has 0 bridgehead atoms. The van der Waals surface area contributed by atoms with E-state index < -0.39 is 5.54 Å². The van der Waals surface area contributed by atoms with E-state index in [9.17, 15) is 4.79 Å². The summed E-state index contributed by atoms with van der Waals surface area (Å²) in [5.41, 5.74) is 5.88. The summed E-state index contributed by atoms with van der Waals surface area (Å²) >= 11 is 1.50. The van der Waals surface area contributed by atoms with Crippen LogP contribution in [0.1, 0.15) is 29.3 Å². The quantitative estimate of drug-likeness (QED) is 0.883. The standard InChI is InChI=1S/C12H14N4OS/c1-12(2,11-14-5-6-18-11)16-10(17)9-4-3-8(13)7-15-9/h3-7H,13H2,1-2H3,(H,16,17). The Bertz CT molecular complexity index is 534. The van der Waals surface area contributed by atoms with Gasteiger partial charge in [0.15, 0.2) is 0 Å². The number of carbonyl (C=O) groups excluding carboxylic acids is 1. The van der Waals surface area contributed by atoms with E-state index >= 15 is 0 Å². The summed E-state index contributed by atoms with van der Waals surface area (Å²) in [6.07, 6.45) is 3.18. The van der Waals surface area contributed by atoms with Crippen LogP contribution in [0.3, 0.4) is 0 Å². The highest BCUT2D eigenvalue weighted by molar-refractivity contribution is 7.09. The Morgan fingerprint density at radius 2 is 2.17 bits per heavy atom. The zero-order valence-corrected chi connectivity index (χ0v) is 11.0. The van der Waals surface area contributed by atoms with Gasteiger partial charge in [0.2, 0.25) is 0 Å². The second-order valence-corrected chi connectivity index (χ2v) is 5.29. The van der Waals surface area contributed by atoms with E-state index in [1.807, 2.05) is 19.2 Å². The molecule has 0 radical (unpaired) electrons. The molecule has 2 aromatic rings. The number of pyridine rings is 1. The van der Waals surface area contributed by atoms with Gasteiger partial charge in [-0.15, -0.1) is 11.3 Å². The molecule has 0 aromatic carbocycles. The van der Waals surface area contributed by atoms with E-state index in [4.69, 9.17) is 5.73 Å². The van der Waals surface area contributed by atoms with Crippen LogP contribution < -0.4 is 11.1 Å². The Hall–Kier alpha value is -1.95. The van der Waals surface area contributed by atoms with Crippen molar-refractivity contribution in [2.45, 2.75) is 19.4 Å². The average Bonchev–Trinajstić information content (AvgIpc) is 2.83. The van der Waals surface area contributed by atoms with Gasteiger partial charge in [0.1, 0.15) is 10.7 Å². The Morgan fingerprint density at radius 3 is 2.72 bits per heavy atom. The van der Waals surface area contributed by atoms with Gasteiger partial charge < -0.3 is 11.1 Å². The van der Waals surface area contributed by atoms with Crippen LogP contribution in [-0.4, -0.2) is 15.9 Å². The van der Waals surface area contributed by atoms with Crippen molar-refractivity contribution in [3.8, 4) is 0 Å². The average molecular weight is 262 g/mol. The lowest BCUT2D eigenvalue weighted by Gasteiger charge is -2.23. The van der Waals surface area contributed by atoms with Gasteiger partial charge in [0.05, 0.1) is 17.4 Å². The maximum atomic E-state index is 12.0. The van der Waals surface area contributed by atoms with Crippen molar-refractivity contribution in [1.29, 1.82) is 0 Å². The molecule has 0 aliphatic carbocycles. The molecule has 0 spiro atoms. The first-order chi connectivity index (χ1) is 8.49. The van der Waals surface area contributed by atoms with Gasteiger partial charge in [-0.05, 0) is 26.0 Å². The molecule has 6 heteroatoms. The third-order valence-corrected chi connectivity index (χ3v) is 3.51. The van der Waals surface area contributed by atoms with Crippen LogP contribution in [-0.2, 0) is 5.54 Å². The summed E-state index contributed by atoms with van der Waals surface area (Å²) in [5.74, 6) is -0.241. The van der Waals surface area contributed by atoms with Gasteiger partial charge in [-0.25, -0.2) is 9.97 Å². The summed E-state index contributed by atoms with van der Waals surface area (Å²) < 4.78 is 0. The van der Waals surface area contributed by atoms with Gasteiger partial charge in [-0.3, -0.25) is 4.79 Å². The fourth-order valence-electron chi connectivity index (χ4n) is 1.47. The largest absolute Gasteiger partial charge is 0.397 e. The van der Waals surface area contributed by atoms with Gasteiger partial charge in [-0.2, -0.15) is 0 Å². The molecule has 2 rings (SSSR count). The van der Waals surface area contributed by atoms with E-state index in [-0.39, 0.29) is 5.91 Å². The van der Waals surface area contributed by atoms with E-state index in [1.54, 1.807) is 18.3 Å². The fraction of sp³-hybridized carbons (Fsp3) is 0.250. The number of nitrogens with zero attached hydrogens (tertiary/aromatic N) is 2. The molecule has 1 amide bonds. The zero-order valence-electron chi connectivity index (χ0n) is 10.2. The maximum absolute atomic E-state index is 12.0. The minimum absolute atomic E-state index is 0.241. The minimum Gasteiger partial charge on any atom is -0.397 e. The molecule has 2 heterocycles. The molecule has 18 heavy (non-hydrogen) atoms. The van der Waals surface area contributed by atoms with E-state index in [1.165, 1.54) is 17.5 Å². The van der Waals surface area contributed by atoms with Crippen LogP contribution in [0, 0.1) is 0 Å². The van der Waals surface area contributed by atoms with Crippen LogP contribution in [0.4, 0.5) is 5.69 Å². The molecule has 3 N–H and O–H groups in total. The molecule has 0 atom stereocenters. The highest BCUT2D eigenvalue weighted by Gasteiger charge is 2.26. The molecule has 0 unspecified atom stereocenters. The number of nitrogens with one attached hydrogen (secondary N) is 1. The Kier molecular flexibility index (Phi) is 3.29. The number of nitrogens with two attached hydrogens (primary N) is 1. The minimum atomic E-state index is -0.520. The van der Waals surface area contributed by atoms with Crippen LogP contribution >= 0.6 is 11.3 Å². The number of anilines is 1. The van der Waals surface area contributed by atoms with Crippen LogP contribution in [0.15, 0.2) is 29.9 Å². The summed E-state index contributed by atoms with van der Waals surface area (Å²) in [4.78, 5) is 20.2. The van der Waals surface area contributed by atoms with E-state index in [0.717, 1.165) is 5.01 Å². The highest BCUT2D eigenvalue weighted by Crippen LogP contribution is 2.22. The van der Waals surface area contributed by atoms with Crippen molar-refractivity contribution in [2.24, 2.45) is 0 Å². The number of amides is 1. The van der Waals surface area contributed by atoms with Gasteiger partial charge in [-0.1, -0.05) is 0 Å². The lowest BCUT2D eigenvalue weighted by atomic mass is 10.1. The van der Waals surface area contributed by atoms with Crippen molar-refractivity contribution in [3.05, 3.63) is 40.6 Å². The molecule has 0 fully saturated rings. The first kappa shape index (κ1) is 12.5. The number of nitrogen functional groups attached to an aromatic ring is 1. The molecule has 0 aliphatic rings. The molecule has 0 saturated heterocycles. The predicted molar refractivity (Wildman–Crippen MR) is 71.3 cm³/mol. The third kappa shape index (κ3) is 2.65. The molecule has 0 aliphatic heterocycles. The summed E-state index contributed by atoms with van der Waals surface area (Å²) in [6, 6.07) is 3.25. The normalized spacial score (nSPS) is 11.2. The first-order valence-electron chi connectivity index (χ1n) is 5.43. The highest BCUT2D eigenvalue weighted by atomic mass is 32.1. The number of carbonyl (C=O) groups is 1. The summed E-state index contributed by atoms with van der Waals surface area (Å²) in [7, 11) is 0. The molecule has 94 valence electrons. The van der Waals surface area contributed by atoms with Crippen LogP contribution in [0.25, 0.3) is 0 Å². The molecule has 5 nitrogen and oxygen atoms in total. The van der Waals surface area contributed by atoms with Gasteiger partial charge in [0.25, 0.3) is 5.91 Å². The van der Waals surface area contributed by atoms with Crippen molar-refractivity contribution >= 4 is 22.9 Å². The SMILES string of the molecule is CC(C)(NC(=O)c1ccc(N)cn1)c1nccs1. The first-order valence-corrected chi connectivity index (χ1v) is 6.31. The second kappa shape index (κ2) is 4.73. The molecule has 0 saturated carbocycles. The number of hydrogen-bond donors (Lipinski definition) is 2. The Balaban J connectivity index is 2.14. The Morgan fingerprint density at radius 1 is 1.39 bits per heavy atom. The topological polar surface area (TPSA) is 80.9 Å². The zero-order chi connectivity index (χ0) is 13.2. The Labute approximate surface area is 109 Å². The maximum Gasteiger partial charge on any atom is 0.270 e. The van der Waals surface area contributed by atoms with Crippen molar-refractivity contribution in [2.75, 3.05) is 5.73 Å². The van der Waals surface area contributed by atoms with Gasteiger partial charge >= 0.3 is 0 Å². The molecule has 2 aromatic heterocycles. The summed E-state index contributed by atoms with van der Waals surface area (Å²) in [5, 5.41) is 5.63. The smallest absolute Gasteiger partial charge is 0.270 e. The predicted octanol–water partition coefficient (Wildman–Crippen LogP) is 1.79. The molecular formula is C12H14N4OS.